The molecule has 1 heterocycles. The second kappa shape index (κ2) is 4.67. The molecule has 0 unspecified atom stereocenters. The molecule has 0 aliphatic heterocycles. The van der Waals surface area contributed by atoms with Crippen molar-refractivity contribution in [1.29, 1.82) is 0 Å². The second-order valence-electron chi connectivity index (χ2n) is 3.02. The van der Waals surface area contributed by atoms with Crippen LogP contribution in [0.5, 0.6) is 0 Å². The molecule has 82 valence electrons. The van der Waals surface area contributed by atoms with Gasteiger partial charge >= 0.3 is 0 Å². The largest absolute Gasteiger partial charge is 0.356 e. The van der Waals surface area contributed by atoms with Crippen molar-refractivity contribution in [3.05, 3.63) is 45.5 Å². The number of non-ortho nitro benzene ring substituents is 1. The third-order valence-corrected chi connectivity index (χ3v) is 2.60. The number of anilines is 1. The highest BCUT2D eigenvalue weighted by Crippen LogP contribution is 2.14. The van der Waals surface area contributed by atoms with Gasteiger partial charge in [-0.3, -0.25) is 10.1 Å². The van der Waals surface area contributed by atoms with Gasteiger partial charge in [0.05, 0.1) is 4.92 Å². The Hall–Kier alpha value is -2.02. The van der Waals surface area contributed by atoms with Crippen molar-refractivity contribution in [1.82, 2.24) is 10.2 Å². The van der Waals surface area contributed by atoms with Crippen LogP contribution in [-0.2, 0) is 6.54 Å². The standard InChI is InChI=1S/C9H8N4O2S/c14-13(15)8-3-1-7(2-4-8)5-10-9-12-11-6-16-9/h1-4,6H,5H2,(H,10,12). The van der Waals surface area contributed by atoms with Gasteiger partial charge < -0.3 is 5.32 Å². The van der Waals surface area contributed by atoms with E-state index in [0.29, 0.717) is 6.54 Å². The molecular formula is C9H8N4O2S. The van der Waals surface area contributed by atoms with Crippen LogP contribution in [0.1, 0.15) is 5.56 Å². The molecule has 16 heavy (non-hydrogen) atoms. The lowest BCUT2D eigenvalue weighted by molar-refractivity contribution is -0.384. The first kappa shape index (κ1) is 10.5. The molecule has 7 heteroatoms. The number of hydrogen-bond donors (Lipinski definition) is 1. The summed E-state index contributed by atoms with van der Waals surface area (Å²) in [5, 5.41) is 21.7. The lowest BCUT2D eigenvalue weighted by Crippen LogP contribution is -1.99. The highest BCUT2D eigenvalue weighted by molar-refractivity contribution is 7.13. The summed E-state index contributed by atoms with van der Waals surface area (Å²) in [6.07, 6.45) is 0. The average molecular weight is 236 g/mol. The molecule has 0 atom stereocenters. The number of nitrogens with one attached hydrogen (secondary N) is 1. The van der Waals surface area contributed by atoms with Crippen molar-refractivity contribution in [3.8, 4) is 0 Å². The van der Waals surface area contributed by atoms with Crippen LogP contribution in [-0.4, -0.2) is 15.1 Å². The van der Waals surface area contributed by atoms with Crippen molar-refractivity contribution in [3.63, 3.8) is 0 Å². The Labute approximate surface area is 95.1 Å². The summed E-state index contributed by atoms with van der Waals surface area (Å²) in [6.45, 7) is 0.577. The van der Waals surface area contributed by atoms with E-state index in [1.165, 1.54) is 23.5 Å². The summed E-state index contributed by atoms with van der Waals surface area (Å²) in [5.74, 6) is 0. The van der Waals surface area contributed by atoms with Gasteiger partial charge in [0.2, 0.25) is 5.13 Å². The van der Waals surface area contributed by atoms with Crippen LogP contribution in [0.25, 0.3) is 0 Å². The Morgan fingerprint density at radius 1 is 1.38 bits per heavy atom. The predicted octanol–water partition coefficient (Wildman–Crippen LogP) is 2.06. The fourth-order valence-corrected chi connectivity index (χ4v) is 1.61. The summed E-state index contributed by atoms with van der Waals surface area (Å²) < 4.78 is 0. The van der Waals surface area contributed by atoms with Crippen LogP contribution in [0.4, 0.5) is 10.8 Å². The quantitative estimate of drug-likeness (QED) is 0.649. The summed E-state index contributed by atoms with van der Waals surface area (Å²) in [4.78, 5) is 10.0. The molecule has 0 amide bonds. The van der Waals surface area contributed by atoms with E-state index in [1.54, 1.807) is 17.6 Å². The van der Waals surface area contributed by atoms with Gasteiger partial charge in [-0.15, -0.1) is 10.2 Å². The molecule has 6 nitrogen and oxygen atoms in total. The fraction of sp³-hybridized carbons (Fsp3) is 0.111. The number of aromatic nitrogens is 2. The number of rotatable bonds is 4. The van der Waals surface area contributed by atoms with Gasteiger partial charge in [-0.05, 0) is 5.56 Å². The van der Waals surface area contributed by atoms with Gasteiger partial charge in [-0.25, -0.2) is 0 Å². The molecule has 2 rings (SSSR count). The third kappa shape index (κ3) is 2.51. The van der Waals surface area contributed by atoms with E-state index in [0.717, 1.165) is 10.7 Å². The van der Waals surface area contributed by atoms with Crippen molar-refractivity contribution in [2.45, 2.75) is 6.54 Å². The first-order chi connectivity index (χ1) is 7.75. The normalized spacial score (nSPS) is 10.0. The average Bonchev–Trinajstić information content (AvgIpc) is 2.80. The molecule has 0 saturated carbocycles. The van der Waals surface area contributed by atoms with Gasteiger partial charge in [0.15, 0.2) is 0 Å². The van der Waals surface area contributed by atoms with Crippen molar-refractivity contribution in [2.24, 2.45) is 0 Å². The molecule has 0 bridgehead atoms. The summed E-state index contributed by atoms with van der Waals surface area (Å²) >= 11 is 1.41. The van der Waals surface area contributed by atoms with Crippen molar-refractivity contribution in [2.75, 3.05) is 5.32 Å². The molecule has 2 aromatic rings. The maximum atomic E-state index is 10.4. The van der Waals surface area contributed by atoms with Crippen molar-refractivity contribution < 1.29 is 4.92 Å². The van der Waals surface area contributed by atoms with E-state index in [-0.39, 0.29) is 5.69 Å². The summed E-state index contributed by atoms with van der Waals surface area (Å²) in [7, 11) is 0. The molecule has 0 aliphatic rings. The predicted molar refractivity (Wildman–Crippen MR) is 60.3 cm³/mol. The van der Waals surface area contributed by atoms with Crippen LogP contribution in [0.2, 0.25) is 0 Å². The van der Waals surface area contributed by atoms with E-state index in [9.17, 15) is 10.1 Å². The monoisotopic (exact) mass is 236 g/mol. The van der Waals surface area contributed by atoms with E-state index >= 15 is 0 Å². The van der Waals surface area contributed by atoms with E-state index in [2.05, 4.69) is 15.5 Å². The maximum Gasteiger partial charge on any atom is 0.269 e. The molecule has 1 aromatic carbocycles. The minimum absolute atomic E-state index is 0.0969. The highest BCUT2D eigenvalue weighted by Gasteiger charge is 2.03. The zero-order valence-corrected chi connectivity index (χ0v) is 8.98. The van der Waals surface area contributed by atoms with Crippen LogP contribution in [0, 0.1) is 10.1 Å². The molecule has 0 radical (unpaired) electrons. The molecule has 0 spiro atoms. The maximum absolute atomic E-state index is 10.4. The van der Waals surface area contributed by atoms with Gasteiger partial charge in [0.1, 0.15) is 5.51 Å². The Kier molecular flexibility index (Phi) is 3.06. The highest BCUT2D eigenvalue weighted by atomic mass is 32.1. The van der Waals surface area contributed by atoms with E-state index in [4.69, 9.17) is 0 Å². The van der Waals surface area contributed by atoms with Crippen LogP contribution in [0.3, 0.4) is 0 Å². The lowest BCUT2D eigenvalue weighted by Gasteiger charge is -2.01. The first-order valence-corrected chi connectivity index (χ1v) is 5.37. The van der Waals surface area contributed by atoms with Gasteiger partial charge in [0.25, 0.3) is 5.69 Å². The number of nitrogens with zero attached hydrogens (tertiary/aromatic N) is 3. The second-order valence-corrected chi connectivity index (χ2v) is 3.85. The van der Waals surface area contributed by atoms with Gasteiger partial charge in [-0.2, -0.15) is 0 Å². The number of nitro groups is 1. The third-order valence-electron chi connectivity index (χ3n) is 1.95. The van der Waals surface area contributed by atoms with Crippen LogP contribution >= 0.6 is 11.3 Å². The Balaban J connectivity index is 1.98. The molecule has 1 aromatic heterocycles. The topological polar surface area (TPSA) is 81.0 Å². The lowest BCUT2D eigenvalue weighted by atomic mass is 10.2. The molecular weight excluding hydrogens is 228 g/mol. The van der Waals surface area contributed by atoms with Crippen LogP contribution in [0.15, 0.2) is 29.8 Å². The summed E-state index contributed by atoms with van der Waals surface area (Å²) in [6, 6.07) is 6.40. The fourth-order valence-electron chi connectivity index (χ4n) is 1.16. The molecule has 1 N–H and O–H groups in total. The number of hydrogen-bond acceptors (Lipinski definition) is 6. The van der Waals surface area contributed by atoms with E-state index < -0.39 is 4.92 Å². The minimum Gasteiger partial charge on any atom is -0.356 e. The SMILES string of the molecule is O=[N+]([O-])c1ccc(CNc2nncs2)cc1. The van der Waals surface area contributed by atoms with Crippen LogP contribution < -0.4 is 5.32 Å². The zero-order chi connectivity index (χ0) is 11.4. The van der Waals surface area contributed by atoms with Gasteiger partial charge in [0, 0.05) is 18.7 Å². The molecule has 0 aliphatic carbocycles. The molecule has 0 saturated heterocycles. The molecule has 0 fully saturated rings. The van der Waals surface area contributed by atoms with Crippen molar-refractivity contribution >= 4 is 22.2 Å². The number of benzene rings is 1. The Morgan fingerprint density at radius 2 is 2.12 bits per heavy atom. The Bertz CT molecular complexity index is 469. The first-order valence-electron chi connectivity index (χ1n) is 4.49. The Morgan fingerprint density at radius 3 is 2.69 bits per heavy atom. The van der Waals surface area contributed by atoms with E-state index in [1.807, 2.05) is 0 Å². The smallest absolute Gasteiger partial charge is 0.269 e. The number of nitro benzene ring substituents is 1. The summed E-state index contributed by atoms with van der Waals surface area (Å²) in [5.41, 5.74) is 2.69. The van der Waals surface area contributed by atoms with Gasteiger partial charge in [-0.1, -0.05) is 23.5 Å². The zero-order valence-electron chi connectivity index (χ0n) is 8.16. The minimum atomic E-state index is -0.415.